The molecule has 2 nitrogen and oxygen atoms in total. The zero-order chi connectivity index (χ0) is 13.9. The lowest BCUT2D eigenvalue weighted by Crippen LogP contribution is -2.39. The highest BCUT2D eigenvalue weighted by Gasteiger charge is 2.30. The van der Waals surface area contributed by atoms with Crippen LogP contribution in [0.4, 0.5) is 0 Å². The van der Waals surface area contributed by atoms with Gasteiger partial charge in [0.2, 0.25) is 0 Å². The van der Waals surface area contributed by atoms with E-state index in [1.165, 1.54) is 30.4 Å². The second-order valence-electron chi connectivity index (χ2n) is 6.61. The number of methoxy groups -OCH3 is 1. The van der Waals surface area contributed by atoms with Gasteiger partial charge in [0, 0.05) is 18.1 Å². The SMILES string of the molecule is COCC(C)(C)c1cccc(C2(N)CCCCC2)c1. The van der Waals surface area contributed by atoms with E-state index in [4.69, 9.17) is 10.5 Å². The minimum absolute atomic E-state index is 0.0375. The first-order chi connectivity index (χ1) is 8.98. The molecule has 0 aromatic heterocycles. The van der Waals surface area contributed by atoms with E-state index in [-0.39, 0.29) is 11.0 Å². The largest absolute Gasteiger partial charge is 0.384 e. The summed E-state index contributed by atoms with van der Waals surface area (Å²) in [6, 6.07) is 8.82. The molecule has 1 saturated carbocycles. The van der Waals surface area contributed by atoms with Gasteiger partial charge in [-0.1, -0.05) is 57.4 Å². The second-order valence-corrected chi connectivity index (χ2v) is 6.61. The van der Waals surface area contributed by atoms with Gasteiger partial charge >= 0.3 is 0 Å². The van der Waals surface area contributed by atoms with Crippen molar-refractivity contribution in [2.45, 2.75) is 56.9 Å². The summed E-state index contributed by atoms with van der Waals surface area (Å²) < 4.78 is 5.34. The number of ether oxygens (including phenoxy) is 1. The maximum atomic E-state index is 6.64. The molecular formula is C17H27NO. The Morgan fingerprint density at radius 3 is 2.53 bits per heavy atom. The van der Waals surface area contributed by atoms with Gasteiger partial charge in [-0.05, 0) is 24.0 Å². The molecule has 0 bridgehead atoms. The Morgan fingerprint density at radius 2 is 1.89 bits per heavy atom. The van der Waals surface area contributed by atoms with E-state index in [0.29, 0.717) is 0 Å². The van der Waals surface area contributed by atoms with Crippen molar-refractivity contribution in [1.29, 1.82) is 0 Å². The van der Waals surface area contributed by atoms with Gasteiger partial charge in [-0.2, -0.15) is 0 Å². The standard InChI is InChI=1S/C17H27NO/c1-16(2,13-19-3)14-8-7-9-15(12-14)17(18)10-5-4-6-11-17/h7-9,12H,4-6,10-11,13,18H2,1-3H3. The Morgan fingerprint density at radius 1 is 1.21 bits per heavy atom. The first kappa shape index (κ1) is 14.5. The van der Waals surface area contributed by atoms with Gasteiger partial charge in [0.05, 0.1) is 6.61 Å². The third kappa shape index (κ3) is 3.18. The lowest BCUT2D eigenvalue weighted by Gasteiger charge is -2.35. The maximum absolute atomic E-state index is 6.64. The summed E-state index contributed by atoms with van der Waals surface area (Å²) in [5.74, 6) is 0. The van der Waals surface area contributed by atoms with Crippen molar-refractivity contribution in [1.82, 2.24) is 0 Å². The Labute approximate surface area is 117 Å². The van der Waals surface area contributed by atoms with Crippen LogP contribution in [0, 0.1) is 0 Å². The fourth-order valence-corrected chi connectivity index (χ4v) is 3.17. The van der Waals surface area contributed by atoms with Gasteiger partial charge in [-0.25, -0.2) is 0 Å². The molecule has 2 heteroatoms. The van der Waals surface area contributed by atoms with Crippen LogP contribution < -0.4 is 5.73 Å². The van der Waals surface area contributed by atoms with Crippen LogP contribution in [0.5, 0.6) is 0 Å². The average molecular weight is 261 g/mol. The predicted molar refractivity (Wildman–Crippen MR) is 80.3 cm³/mol. The van der Waals surface area contributed by atoms with Gasteiger partial charge in [-0.3, -0.25) is 0 Å². The second kappa shape index (κ2) is 5.64. The van der Waals surface area contributed by atoms with E-state index in [1.807, 2.05) is 0 Å². The fourth-order valence-electron chi connectivity index (χ4n) is 3.17. The molecule has 0 unspecified atom stereocenters. The summed E-state index contributed by atoms with van der Waals surface area (Å²) >= 11 is 0. The molecule has 1 aliphatic carbocycles. The van der Waals surface area contributed by atoms with Crippen molar-refractivity contribution in [3.63, 3.8) is 0 Å². The third-order valence-corrected chi connectivity index (χ3v) is 4.47. The molecule has 19 heavy (non-hydrogen) atoms. The van der Waals surface area contributed by atoms with Crippen LogP contribution in [0.2, 0.25) is 0 Å². The van der Waals surface area contributed by atoms with Gasteiger partial charge in [0.25, 0.3) is 0 Å². The molecule has 0 saturated heterocycles. The highest BCUT2D eigenvalue weighted by atomic mass is 16.5. The van der Waals surface area contributed by atoms with Crippen molar-refractivity contribution in [3.8, 4) is 0 Å². The van der Waals surface area contributed by atoms with Gasteiger partial charge in [0.1, 0.15) is 0 Å². The lowest BCUT2D eigenvalue weighted by molar-refractivity contribution is 0.146. The highest BCUT2D eigenvalue weighted by Crippen LogP contribution is 2.36. The fraction of sp³-hybridized carbons (Fsp3) is 0.647. The predicted octanol–water partition coefficient (Wildman–Crippen LogP) is 3.73. The summed E-state index contributed by atoms with van der Waals surface area (Å²) in [5.41, 5.74) is 9.18. The number of hydrogen-bond donors (Lipinski definition) is 1. The molecular weight excluding hydrogens is 234 g/mol. The van der Waals surface area contributed by atoms with Crippen LogP contribution in [0.3, 0.4) is 0 Å². The Hall–Kier alpha value is -0.860. The summed E-state index contributed by atoms with van der Waals surface area (Å²) in [6.45, 7) is 5.17. The first-order valence-corrected chi connectivity index (χ1v) is 7.37. The molecule has 0 aliphatic heterocycles. The summed E-state index contributed by atoms with van der Waals surface area (Å²) in [6.07, 6.45) is 6.06. The molecule has 106 valence electrons. The molecule has 0 atom stereocenters. The van der Waals surface area contributed by atoms with Crippen LogP contribution in [-0.2, 0) is 15.7 Å². The maximum Gasteiger partial charge on any atom is 0.0553 e. The van der Waals surface area contributed by atoms with Crippen molar-refractivity contribution in [2.75, 3.05) is 13.7 Å². The van der Waals surface area contributed by atoms with E-state index < -0.39 is 0 Å². The van der Waals surface area contributed by atoms with Gasteiger partial charge in [-0.15, -0.1) is 0 Å². The number of benzene rings is 1. The number of nitrogens with two attached hydrogens (primary N) is 1. The lowest BCUT2D eigenvalue weighted by atomic mass is 9.75. The third-order valence-electron chi connectivity index (χ3n) is 4.47. The normalized spacial score (nSPS) is 19.4. The molecule has 0 amide bonds. The van der Waals surface area contributed by atoms with Gasteiger partial charge in [0.15, 0.2) is 0 Å². The molecule has 0 heterocycles. The smallest absolute Gasteiger partial charge is 0.0553 e. The molecule has 1 aromatic rings. The zero-order valence-corrected chi connectivity index (χ0v) is 12.5. The molecule has 1 aliphatic rings. The Bertz CT molecular complexity index is 419. The molecule has 0 spiro atoms. The van der Waals surface area contributed by atoms with Crippen LogP contribution in [0.15, 0.2) is 24.3 Å². The summed E-state index contributed by atoms with van der Waals surface area (Å²) in [4.78, 5) is 0. The molecule has 1 fully saturated rings. The molecule has 2 N–H and O–H groups in total. The van der Waals surface area contributed by atoms with Crippen LogP contribution in [0.1, 0.15) is 57.1 Å². The topological polar surface area (TPSA) is 35.2 Å². The van der Waals surface area contributed by atoms with Crippen LogP contribution >= 0.6 is 0 Å². The van der Waals surface area contributed by atoms with Gasteiger partial charge < -0.3 is 10.5 Å². The summed E-state index contributed by atoms with van der Waals surface area (Å²) in [5, 5.41) is 0. The van der Waals surface area contributed by atoms with E-state index in [0.717, 1.165) is 19.4 Å². The monoisotopic (exact) mass is 261 g/mol. The average Bonchev–Trinajstić information content (AvgIpc) is 2.40. The van der Waals surface area contributed by atoms with Crippen molar-refractivity contribution in [3.05, 3.63) is 35.4 Å². The minimum Gasteiger partial charge on any atom is -0.384 e. The van der Waals surface area contributed by atoms with Crippen molar-refractivity contribution < 1.29 is 4.74 Å². The Balaban J connectivity index is 2.28. The minimum atomic E-state index is -0.114. The van der Waals surface area contributed by atoms with Crippen molar-refractivity contribution in [2.24, 2.45) is 5.73 Å². The van der Waals surface area contributed by atoms with E-state index in [1.54, 1.807) is 7.11 Å². The highest BCUT2D eigenvalue weighted by molar-refractivity contribution is 5.33. The Kier molecular flexibility index (Phi) is 4.32. The first-order valence-electron chi connectivity index (χ1n) is 7.37. The zero-order valence-electron chi connectivity index (χ0n) is 12.5. The quantitative estimate of drug-likeness (QED) is 0.896. The van der Waals surface area contributed by atoms with E-state index in [9.17, 15) is 0 Å². The summed E-state index contributed by atoms with van der Waals surface area (Å²) in [7, 11) is 1.76. The van der Waals surface area contributed by atoms with E-state index >= 15 is 0 Å². The number of hydrogen-bond acceptors (Lipinski definition) is 2. The molecule has 2 rings (SSSR count). The number of rotatable bonds is 4. The van der Waals surface area contributed by atoms with Crippen LogP contribution in [-0.4, -0.2) is 13.7 Å². The molecule has 1 aromatic carbocycles. The van der Waals surface area contributed by atoms with E-state index in [2.05, 4.69) is 38.1 Å². The van der Waals surface area contributed by atoms with Crippen LogP contribution in [0.25, 0.3) is 0 Å². The van der Waals surface area contributed by atoms with Crippen molar-refractivity contribution >= 4 is 0 Å². The molecule has 0 radical (unpaired) electrons.